The van der Waals surface area contributed by atoms with Crippen LogP contribution < -0.4 is 4.90 Å². The van der Waals surface area contributed by atoms with Crippen molar-refractivity contribution in [2.75, 3.05) is 18.1 Å². The van der Waals surface area contributed by atoms with Gasteiger partial charge in [-0.2, -0.15) is 0 Å². The van der Waals surface area contributed by atoms with E-state index in [9.17, 15) is 4.79 Å². The highest BCUT2D eigenvalue weighted by Gasteiger charge is 2.30. The van der Waals surface area contributed by atoms with Gasteiger partial charge in [-0.25, -0.2) is 0 Å². The van der Waals surface area contributed by atoms with Crippen molar-refractivity contribution in [1.29, 1.82) is 0 Å². The molecule has 1 aliphatic rings. The SMILES string of the molecule is O=C1CC(CO)CN1c1ccc(Cl)cc1I. The molecular weight excluding hydrogens is 340 g/mol. The lowest BCUT2D eigenvalue weighted by molar-refractivity contribution is -0.117. The Morgan fingerprint density at radius 1 is 1.56 bits per heavy atom. The van der Waals surface area contributed by atoms with Crippen LogP contribution in [0.15, 0.2) is 18.2 Å². The van der Waals surface area contributed by atoms with Crippen molar-refractivity contribution in [2.24, 2.45) is 5.92 Å². The number of nitrogens with zero attached hydrogens (tertiary/aromatic N) is 1. The number of benzene rings is 1. The molecule has 1 aromatic rings. The van der Waals surface area contributed by atoms with E-state index in [1.165, 1.54) is 0 Å². The van der Waals surface area contributed by atoms with Crippen molar-refractivity contribution in [3.05, 3.63) is 26.8 Å². The van der Waals surface area contributed by atoms with Crippen molar-refractivity contribution in [3.63, 3.8) is 0 Å². The molecule has 86 valence electrons. The van der Waals surface area contributed by atoms with E-state index in [0.29, 0.717) is 18.0 Å². The van der Waals surface area contributed by atoms with Gasteiger partial charge in [0.05, 0.1) is 5.69 Å². The lowest BCUT2D eigenvalue weighted by atomic mass is 10.1. The second kappa shape index (κ2) is 4.89. The molecule has 2 rings (SSSR count). The Bertz CT molecular complexity index is 424. The first kappa shape index (κ1) is 12.1. The highest BCUT2D eigenvalue weighted by atomic mass is 127. The highest BCUT2D eigenvalue weighted by molar-refractivity contribution is 14.1. The van der Waals surface area contributed by atoms with E-state index >= 15 is 0 Å². The van der Waals surface area contributed by atoms with Gasteiger partial charge in [0.25, 0.3) is 0 Å². The summed E-state index contributed by atoms with van der Waals surface area (Å²) in [6.45, 7) is 0.652. The Hall–Kier alpha value is -0.330. The van der Waals surface area contributed by atoms with Crippen LogP contribution in [0.4, 0.5) is 5.69 Å². The largest absolute Gasteiger partial charge is 0.396 e. The maximum absolute atomic E-state index is 11.8. The third-order valence-electron chi connectivity index (χ3n) is 2.66. The Kier molecular flexibility index (Phi) is 3.71. The van der Waals surface area contributed by atoms with E-state index in [2.05, 4.69) is 22.6 Å². The fraction of sp³-hybridized carbons (Fsp3) is 0.364. The average molecular weight is 352 g/mol. The van der Waals surface area contributed by atoms with Crippen LogP contribution in [0.1, 0.15) is 6.42 Å². The zero-order chi connectivity index (χ0) is 11.7. The molecule has 0 radical (unpaired) electrons. The minimum Gasteiger partial charge on any atom is -0.396 e. The van der Waals surface area contributed by atoms with Gasteiger partial charge in [0.15, 0.2) is 0 Å². The molecule has 0 bridgehead atoms. The molecule has 1 aliphatic heterocycles. The van der Waals surface area contributed by atoms with Crippen LogP contribution in [0.2, 0.25) is 5.02 Å². The Balaban J connectivity index is 2.28. The third kappa shape index (κ3) is 2.33. The number of hydrogen-bond acceptors (Lipinski definition) is 2. The quantitative estimate of drug-likeness (QED) is 0.831. The fourth-order valence-corrected chi connectivity index (χ4v) is 3.00. The Morgan fingerprint density at radius 2 is 2.31 bits per heavy atom. The summed E-state index contributed by atoms with van der Waals surface area (Å²) in [7, 11) is 0. The summed E-state index contributed by atoms with van der Waals surface area (Å²) in [6, 6.07) is 5.46. The molecule has 1 N–H and O–H groups in total. The Labute approximate surface area is 113 Å². The predicted molar refractivity (Wildman–Crippen MR) is 71.7 cm³/mol. The summed E-state index contributed by atoms with van der Waals surface area (Å²) in [5.74, 6) is 0.123. The summed E-state index contributed by atoms with van der Waals surface area (Å²) in [5, 5.41) is 9.73. The monoisotopic (exact) mass is 351 g/mol. The van der Waals surface area contributed by atoms with Crippen molar-refractivity contribution >= 4 is 45.8 Å². The lowest BCUT2D eigenvalue weighted by Gasteiger charge is -2.18. The normalized spacial score (nSPS) is 20.6. The summed E-state index contributed by atoms with van der Waals surface area (Å²) in [6.07, 6.45) is 0.426. The van der Waals surface area contributed by atoms with Gasteiger partial charge in [-0.1, -0.05) is 11.6 Å². The van der Waals surface area contributed by atoms with Crippen LogP contribution in [0.3, 0.4) is 0 Å². The van der Waals surface area contributed by atoms with E-state index in [-0.39, 0.29) is 18.4 Å². The van der Waals surface area contributed by atoms with E-state index < -0.39 is 0 Å². The number of aliphatic hydroxyl groups is 1. The maximum Gasteiger partial charge on any atom is 0.227 e. The van der Waals surface area contributed by atoms with E-state index in [4.69, 9.17) is 16.7 Å². The van der Waals surface area contributed by atoms with Gasteiger partial charge < -0.3 is 10.0 Å². The molecule has 5 heteroatoms. The molecule has 1 saturated heterocycles. The number of carbonyl (C=O) groups is 1. The van der Waals surface area contributed by atoms with Gasteiger partial charge >= 0.3 is 0 Å². The first-order valence-electron chi connectivity index (χ1n) is 4.98. The van der Waals surface area contributed by atoms with Crippen LogP contribution in [0.5, 0.6) is 0 Å². The van der Waals surface area contributed by atoms with Gasteiger partial charge in [-0.05, 0) is 40.8 Å². The molecular formula is C11H11ClINO2. The summed E-state index contributed by atoms with van der Waals surface area (Å²) in [5.41, 5.74) is 0.881. The van der Waals surface area contributed by atoms with Crippen LogP contribution in [0, 0.1) is 9.49 Å². The second-order valence-corrected chi connectivity index (χ2v) is 5.45. The van der Waals surface area contributed by atoms with Crippen molar-refractivity contribution in [2.45, 2.75) is 6.42 Å². The number of rotatable bonds is 2. The number of hydrogen-bond donors (Lipinski definition) is 1. The van der Waals surface area contributed by atoms with Crippen molar-refractivity contribution < 1.29 is 9.90 Å². The van der Waals surface area contributed by atoms with Crippen molar-refractivity contribution in [3.8, 4) is 0 Å². The average Bonchev–Trinajstić information content (AvgIpc) is 2.60. The first-order valence-corrected chi connectivity index (χ1v) is 6.43. The Morgan fingerprint density at radius 3 is 2.88 bits per heavy atom. The topological polar surface area (TPSA) is 40.5 Å². The molecule has 1 amide bonds. The van der Waals surface area contributed by atoms with Crippen LogP contribution >= 0.6 is 34.2 Å². The zero-order valence-electron chi connectivity index (χ0n) is 8.49. The van der Waals surface area contributed by atoms with Crippen LogP contribution in [-0.2, 0) is 4.79 Å². The van der Waals surface area contributed by atoms with E-state index in [1.54, 1.807) is 11.0 Å². The van der Waals surface area contributed by atoms with Crippen LogP contribution in [-0.4, -0.2) is 24.2 Å². The zero-order valence-corrected chi connectivity index (χ0v) is 11.4. The number of anilines is 1. The lowest BCUT2D eigenvalue weighted by Crippen LogP contribution is -2.25. The molecule has 1 atom stereocenters. The molecule has 0 saturated carbocycles. The molecule has 1 heterocycles. The van der Waals surface area contributed by atoms with Crippen LogP contribution in [0.25, 0.3) is 0 Å². The molecule has 1 aromatic carbocycles. The summed E-state index contributed by atoms with van der Waals surface area (Å²) < 4.78 is 0.956. The number of aliphatic hydroxyl groups excluding tert-OH is 1. The fourth-order valence-electron chi connectivity index (χ4n) is 1.84. The molecule has 0 aromatic heterocycles. The van der Waals surface area contributed by atoms with E-state index in [0.717, 1.165) is 9.26 Å². The van der Waals surface area contributed by atoms with E-state index in [1.807, 2.05) is 12.1 Å². The summed E-state index contributed by atoms with van der Waals surface area (Å²) >= 11 is 8.03. The minimum atomic E-state index is 0.0546. The molecule has 3 nitrogen and oxygen atoms in total. The van der Waals surface area contributed by atoms with Gasteiger partial charge in [-0.15, -0.1) is 0 Å². The summed E-state index contributed by atoms with van der Waals surface area (Å²) in [4.78, 5) is 13.5. The van der Waals surface area contributed by atoms with Crippen molar-refractivity contribution in [1.82, 2.24) is 0 Å². The minimum absolute atomic E-state index is 0.0546. The molecule has 16 heavy (non-hydrogen) atoms. The second-order valence-electron chi connectivity index (χ2n) is 3.85. The highest BCUT2D eigenvalue weighted by Crippen LogP contribution is 2.30. The first-order chi connectivity index (χ1) is 7.61. The molecule has 1 fully saturated rings. The van der Waals surface area contributed by atoms with Gasteiger partial charge in [0.2, 0.25) is 5.91 Å². The number of amides is 1. The smallest absolute Gasteiger partial charge is 0.227 e. The number of carbonyl (C=O) groups excluding carboxylic acids is 1. The molecule has 0 spiro atoms. The standard InChI is InChI=1S/C11H11ClINO2/c12-8-1-2-10(9(13)4-8)14-5-7(6-15)3-11(14)16/h1-2,4,7,15H,3,5-6H2. The number of halogens is 2. The van der Waals surface area contributed by atoms with Gasteiger partial charge in [0.1, 0.15) is 0 Å². The molecule has 1 unspecified atom stereocenters. The third-order valence-corrected chi connectivity index (χ3v) is 3.76. The van der Waals surface area contributed by atoms with Gasteiger partial charge in [0, 0.05) is 34.1 Å². The maximum atomic E-state index is 11.8. The predicted octanol–water partition coefficient (Wildman–Crippen LogP) is 2.29. The van der Waals surface area contributed by atoms with Gasteiger partial charge in [-0.3, -0.25) is 4.79 Å². The molecule has 0 aliphatic carbocycles.